The highest BCUT2D eigenvalue weighted by atomic mass is 32.2. The van der Waals surface area contributed by atoms with Crippen LogP contribution >= 0.6 is 11.8 Å². The van der Waals surface area contributed by atoms with Gasteiger partial charge in [-0.15, -0.1) is 11.8 Å². The van der Waals surface area contributed by atoms with Crippen molar-refractivity contribution in [2.45, 2.75) is 5.25 Å². The summed E-state index contributed by atoms with van der Waals surface area (Å²) in [6.45, 7) is -0.188. The molecule has 0 aromatic heterocycles. The third-order valence-electron chi connectivity index (χ3n) is 1.99. The molecule has 1 aromatic rings. The lowest BCUT2D eigenvalue weighted by Gasteiger charge is -2.12. The monoisotopic (exact) mass is 243 g/mol. The zero-order valence-corrected chi connectivity index (χ0v) is 9.39. The number of thioether (sulfide) groups is 1. The number of phenols is 1. The summed E-state index contributed by atoms with van der Waals surface area (Å²) in [5.74, 6) is 0.593. The number of rotatable bonds is 6. The van der Waals surface area contributed by atoms with E-state index in [4.69, 9.17) is 10.2 Å². The number of aliphatic hydroxyl groups is 1. The van der Waals surface area contributed by atoms with Gasteiger partial charge in [0.1, 0.15) is 5.75 Å². The Morgan fingerprint density at radius 2 is 2.00 bits per heavy atom. The molecule has 2 N–H and O–H groups in total. The van der Waals surface area contributed by atoms with Gasteiger partial charge in [0, 0.05) is 10.7 Å². The topological polar surface area (TPSA) is 83.6 Å². The largest absolute Gasteiger partial charge is 0.508 e. The molecule has 16 heavy (non-hydrogen) atoms. The average Bonchev–Trinajstić information content (AvgIpc) is 2.25. The number of nitro groups is 1. The van der Waals surface area contributed by atoms with Crippen molar-refractivity contribution in [1.82, 2.24) is 0 Å². The number of aromatic hydroxyl groups is 1. The summed E-state index contributed by atoms with van der Waals surface area (Å²) in [6.07, 6.45) is 0. The summed E-state index contributed by atoms with van der Waals surface area (Å²) in [7, 11) is 0. The van der Waals surface area contributed by atoms with E-state index < -0.39 is 0 Å². The maximum Gasteiger partial charge on any atom is 0.219 e. The zero-order valence-electron chi connectivity index (χ0n) is 8.57. The van der Waals surface area contributed by atoms with Gasteiger partial charge >= 0.3 is 0 Å². The second-order valence-corrected chi connectivity index (χ2v) is 4.50. The third kappa shape index (κ3) is 4.08. The Kier molecular flexibility index (Phi) is 5.07. The molecule has 0 aliphatic carbocycles. The molecule has 1 aromatic carbocycles. The quantitative estimate of drug-likeness (QED) is 0.583. The molecule has 0 saturated heterocycles. The molecule has 0 amide bonds. The normalized spacial score (nSPS) is 12.3. The predicted molar refractivity (Wildman–Crippen MR) is 62.3 cm³/mol. The van der Waals surface area contributed by atoms with Gasteiger partial charge in [0.05, 0.1) is 11.9 Å². The van der Waals surface area contributed by atoms with Crippen molar-refractivity contribution in [3.63, 3.8) is 0 Å². The second-order valence-electron chi connectivity index (χ2n) is 3.19. The van der Waals surface area contributed by atoms with Crippen LogP contribution in [-0.4, -0.2) is 34.0 Å². The lowest BCUT2D eigenvalue weighted by Crippen LogP contribution is -2.10. The molecule has 0 fully saturated rings. The van der Waals surface area contributed by atoms with Gasteiger partial charge in [0.25, 0.3) is 0 Å². The van der Waals surface area contributed by atoms with E-state index in [1.54, 1.807) is 12.1 Å². The Morgan fingerprint density at radius 1 is 1.38 bits per heavy atom. The lowest BCUT2D eigenvalue weighted by molar-refractivity contribution is -0.479. The first kappa shape index (κ1) is 12.8. The SMILES string of the molecule is O=[N+]([O-])CC(SCCO)c1ccc(O)cc1. The van der Waals surface area contributed by atoms with Crippen LogP contribution in [0.25, 0.3) is 0 Å². The molecular formula is C10H13NO4S. The molecule has 0 aliphatic rings. The summed E-state index contributed by atoms with van der Waals surface area (Å²) in [6, 6.07) is 6.32. The van der Waals surface area contributed by atoms with E-state index in [1.807, 2.05) is 0 Å². The van der Waals surface area contributed by atoms with Gasteiger partial charge in [0.2, 0.25) is 6.54 Å². The minimum absolute atomic E-state index is 0.00301. The molecule has 0 heterocycles. The summed E-state index contributed by atoms with van der Waals surface area (Å²) in [5, 5.41) is 28.0. The van der Waals surface area contributed by atoms with E-state index in [9.17, 15) is 10.1 Å². The van der Waals surface area contributed by atoms with Gasteiger partial charge in [-0.25, -0.2) is 0 Å². The van der Waals surface area contributed by atoms with Crippen molar-refractivity contribution < 1.29 is 15.1 Å². The van der Waals surface area contributed by atoms with Crippen molar-refractivity contribution in [1.29, 1.82) is 0 Å². The van der Waals surface area contributed by atoms with Gasteiger partial charge in [-0.3, -0.25) is 10.1 Å². The molecule has 0 radical (unpaired) electrons. The number of hydrogen-bond donors (Lipinski definition) is 2. The van der Waals surface area contributed by atoms with Crippen molar-refractivity contribution in [3.8, 4) is 5.75 Å². The van der Waals surface area contributed by atoms with Gasteiger partial charge in [-0.2, -0.15) is 0 Å². The van der Waals surface area contributed by atoms with E-state index in [1.165, 1.54) is 23.9 Å². The minimum Gasteiger partial charge on any atom is -0.508 e. The van der Waals surface area contributed by atoms with Crippen molar-refractivity contribution in [2.24, 2.45) is 0 Å². The molecule has 1 rings (SSSR count). The van der Waals surface area contributed by atoms with Crippen LogP contribution in [0.1, 0.15) is 10.8 Å². The van der Waals surface area contributed by atoms with E-state index in [0.717, 1.165) is 5.56 Å². The molecule has 6 heteroatoms. The number of nitrogens with zero attached hydrogens (tertiary/aromatic N) is 1. The first-order chi connectivity index (χ1) is 7.63. The van der Waals surface area contributed by atoms with Crippen LogP contribution in [0.5, 0.6) is 5.75 Å². The maximum atomic E-state index is 10.5. The fraction of sp³-hybridized carbons (Fsp3) is 0.400. The van der Waals surface area contributed by atoms with Crippen LogP contribution in [0.4, 0.5) is 0 Å². The highest BCUT2D eigenvalue weighted by molar-refractivity contribution is 7.99. The zero-order chi connectivity index (χ0) is 12.0. The molecule has 88 valence electrons. The van der Waals surface area contributed by atoms with Crippen molar-refractivity contribution in [2.75, 3.05) is 18.9 Å². The smallest absolute Gasteiger partial charge is 0.219 e. The summed E-state index contributed by atoms with van der Waals surface area (Å²) >= 11 is 1.34. The van der Waals surface area contributed by atoms with E-state index in [0.29, 0.717) is 5.75 Å². The van der Waals surface area contributed by atoms with Gasteiger partial charge < -0.3 is 10.2 Å². The third-order valence-corrected chi connectivity index (χ3v) is 3.23. The highest BCUT2D eigenvalue weighted by Crippen LogP contribution is 2.29. The fourth-order valence-electron chi connectivity index (χ4n) is 1.27. The summed E-state index contributed by atoms with van der Waals surface area (Å²) in [5.41, 5.74) is 0.785. The average molecular weight is 243 g/mol. The van der Waals surface area contributed by atoms with E-state index in [-0.39, 0.29) is 29.1 Å². The number of hydrogen-bond acceptors (Lipinski definition) is 5. The number of benzene rings is 1. The Balaban J connectivity index is 2.74. The van der Waals surface area contributed by atoms with Crippen LogP contribution in [0, 0.1) is 10.1 Å². The van der Waals surface area contributed by atoms with Gasteiger partial charge in [-0.05, 0) is 17.7 Å². The molecule has 1 unspecified atom stereocenters. The minimum atomic E-state index is -0.373. The van der Waals surface area contributed by atoms with E-state index >= 15 is 0 Å². The second kappa shape index (κ2) is 6.34. The maximum absolute atomic E-state index is 10.5. The molecule has 5 nitrogen and oxygen atoms in total. The number of aliphatic hydroxyl groups excluding tert-OH is 1. The first-order valence-electron chi connectivity index (χ1n) is 4.76. The summed E-state index contributed by atoms with van der Waals surface area (Å²) < 4.78 is 0. The highest BCUT2D eigenvalue weighted by Gasteiger charge is 2.17. The molecule has 1 atom stereocenters. The molecule has 0 spiro atoms. The Hall–Kier alpha value is -1.27. The Labute approximate surface area is 97.3 Å². The standard InChI is InChI=1S/C10H13NO4S/c12-5-6-16-10(7-11(14)15)8-1-3-9(13)4-2-8/h1-4,10,12-13H,5-7H2. The van der Waals surface area contributed by atoms with Crippen LogP contribution in [0.15, 0.2) is 24.3 Å². The molecule has 0 saturated carbocycles. The fourth-order valence-corrected chi connectivity index (χ4v) is 2.24. The number of phenolic OH excluding ortho intramolecular Hbond substituents is 1. The van der Waals surface area contributed by atoms with Gasteiger partial charge in [0.15, 0.2) is 0 Å². The van der Waals surface area contributed by atoms with Crippen LogP contribution in [0.2, 0.25) is 0 Å². The van der Waals surface area contributed by atoms with Gasteiger partial charge in [-0.1, -0.05) is 12.1 Å². The molecule has 0 bridgehead atoms. The van der Waals surface area contributed by atoms with Crippen LogP contribution < -0.4 is 0 Å². The van der Waals surface area contributed by atoms with Crippen molar-refractivity contribution in [3.05, 3.63) is 39.9 Å². The molecule has 0 aliphatic heterocycles. The first-order valence-corrected chi connectivity index (χ1v) is 5.81. The molecular weight excluding hydrogens is 230 g/mol. The Morgan fingerprint density at radius 3 is 2.50 bits per heavy atom. The summed E-state index contributed by atoms with van der Waals surface area (Å²) in [4.78, 5) is 10.1. The van der Waals surface area contributed by atoms with E-state index in [2.05, 4.69) is 0 Å². The van der Waals surface area contributed by atoms with Crippen molar-refractivity contribution >= 4 is 11.8 Å². The lowest BCUT2D eigenvalue weighted by atomic mass is 10.1. The predicted octanol–water partition coefficient (Wildman–Crippen LogP) is 1.44. The Bertz CT molecular complexity index is 341. The van der Waals surface area contributed by atoms with Crippen LogP contribution in [0.3, 0.4) is 0 Å². The van der Waals surface area contributed by atoms with Crippen LogP contribution in [-0.2, 0) is 0 Å².